The van der Waals surface area contributed by atoms with Crippen molar-refractivity contribution in [1.29, 1.82) is 0 Å². The van der Waals surface area contributed by atoms with Gasteiger partial charge in [-0.15, -0.1) is 4.89 Å². The van der Waals surface area contributed by atoms with Gasteiger partial charge in [-0.2, -0.15) is 0 Å². The Bertz CT molecular complexity index is 448. The van der Waals surface area contributed by atoms with Gasteiger partial charge >= 0.3 is 8.25 Å². The van der Waals surface area contributed by atoms with Crippen molar-refractivity contribution in [2.75, 3.05) is 0 Å². The van der Waals surface area contributed by atoms with E-state index in [9.17, 15) is 4.57 Å². The summed E-state index contributed by atoms with van der Waals surface area (Å²) in [5, 5.41) is 0.931. The number of rotatable bonds is 2. The highest BCUT2D eigenvalue weighted by Gasteiger charge is 2.14. The second kappa shape index (κ2) is 3.17. The summed E-state index contributed by atoms with van der Waals surface area (Å²) in [7, 11) is -2.61. The minimum absolute atomic E-state index is 0.325. The van der Waals surface area contributed by atoms with Crippen molar-refractivity contribution >= 4 is 19.2 Å². The molecule has 1 atom stereocenters. The number of hydrogen-bond acceptors (Lipinski definition) is 3. The maximum atomic E-state index is 10.3. The molecule has 0 bridgehead atoms. The fourth-order valence-corrected chi connectivity index (χ4v) is 1.38. The van der Waals surface area contributed by atoms with Crippen LogP contribution in [0, 0.1) is 0 Å². The smallest absolute Gasteiger partial charge is 0.464 e. The first-order valence-corrected chi connectivity index (χ1v) is 4.70. The second-order valence-corrected chi connectivity index (χ2v) is 3.11. The summed E-state index contributed by atoms with van der Waals surface area (Å²) in [4.78, 5) is 8.48. The van der Waals surface area contributed by atoms with Gasteiger partial charge in [0.15, 0.2) is 5.75 Å². The van der Waals surface area contributed by atoms with Crippen molar-refractivity contribution < 1.29 is 18.4 Å². The molecule has 2 aromatic rings. The summed E-state index contributed by atoms with van der Waals surface area (Å²) in [6.07, 6.45) is 1.55. The van der Waals surface area contributed by atoms with Gasteiger partial charge in [-0.1, -0.05) is 0 Å². The van der Waals surface area contributed by atoms with E-state index >= 15 is 0 Å². The third-order valence-electron chi connectivity index (χ3n) is 1.61. The average molecular weight is 197 g/mol. The van der Waals surface area contributed by atoms with Crippen molar-refractivity contribution in [2.45, 2.75) is 0 Å². The normalized spacial score (nSPS) is 11.6. The molecule has 66 valence electrons. The van der Waals surface area contributed by atoms with Crippen LogP contribution in [0.1, 0.15) is 0 Å². The van der Waals surface area contributed by atoms with Crippen LogP contribution in [0.25, 0.3) is 11.0 Å². The van der Waals surface area contributed by atoms with Crippen LogP contribution in [0.5, 0.6) is 5.75 Å². The molecule has 1 heterocycles. The summed E-state index contributed by atoms with van der Waals surface area (Å²) in [5.74, 6) is 0.325. The molecule has 1 unspecified atom stereocenters. The number of fused-ring (bicyclic) bond motifs is 1. The minimum atomic E-state index is -2.61. The van der Waals surface area contributed by atoms with E-state index in [-0.39, 0.29) is 0 Å². The third kappa shape index (κ3) is 1.69. The van der Waals surface area contributed by atoms with E-state index in [0.29, 0.717) is 11.3 Å². The summed E-state index contributed by atoms with van der Waals surface area (Å²) < 4.78 is 20.0. The number of furan rings is 1. The molecule has 0 aliphatic carbocycles. The van der Waals surface area contributed by atoms with E-state index in [2.05, 4.69) is 4.52 Å². The van der Waals surface area contributed by atoms with Gasteiger partial charge in [-0.05, 0) is 18.2 Å². The van der Waals surface area contributed by atoms with Gasteiger partial charge in [0.1, 0.15) is 5.58 Å². The van der Waals surface area contributed by atoms with E-state index in [0.717, 1.165) is 5.39 Å². The van der Waals surface area contributed by atoms with Crippen LogP contribution in [0.3, 0.4) is 0 Å². The first-order valence-electron chi connectivity index (χ1n) is 3.57. The molecular formula is C8H6O4P+. The van der Waals surface area contributed by atoms with E-state index in [1.165, 1.54) is 0 Å². The molecule has 2 rings (SSSR count). The van der Waals surface area contributed by atoms with Crippen molar-refractivity contribution in [3.63, 3.8) is 0 Å². The number of benzene rings is 1. The fraction of sp³-hybridized carbons (Fsp3) is 0. The molecule has 1 N–H and O–H groups in total. The molecule has 0 amide bonds. The maximum Gasteiger partial charge on any atom is 0.747 e. The molecule has 0 saturated heterocycles. The van der Waals surface area contributed by atoms with Crippen LogP contribution >= 0.6 is 8.25 Å². The molecule has 0 aliphatic heterocycles. The first kappa shape index (κ1) is 8.23. The van der Waals surface area contributed by atoms with Gasteiger partial charge < -0.3 is 4.42 Å². The lowest BCUT2D eigenvalue weighted by molar-refractivity contribution is 0.410. The van der Waals surface area contributed by atoms with Crippen LogP contribution in [-0.4, -0.2) is 4.89 Å². The summed E-state index contributed by atoms with van der Waals surface area (Å²) >= 11 is 0. The SMILES string of the molecule is O=[P+](O)Oc1ccc2ccoc2c1. The highest BCUT2D eigenvalue weighted by Crippen LogP contribution is 2.27. The predicted octanol–water partition coefficient (Wildman–Crippen LogP) is 2.46. The summed E-state index contributed by atoms with van der Waals surface area (Å²) in [6, 6.07) is 6.74. The van der Waals surface area contributed by atoms with Crippen molar-refractivity contribution in [3.05, 3.63) is 30.5 Å². The monoisotopic (exact) mass is 197 g/mol. The van der Waals surface area contributed by atoms with Gasteiger partial charge in [-0.25, -0.2) is 4.52 Å². The molecule has 0 radical (unpaired) electrons. The quantitative estimate of drug-likeness (QED) is 0.751. The average Bonchev–Trinajstić information content (AvgIpc) is 2.49. The van der Waals surface area contributed by atoms with Gasteiger partial charge in [-0.3, -0.25) is 0 Å². The topological polar surface area (TPSA) is 59.7 Å². The minimum Gasteiger partial charge on any atom is -0.464 e. The Morgan fingerprint density at radius 1 is 1.38 bits per heavy atom. The van der Waals surface area contributed by atoms with Crippen molar-refractivity contribution in [2.24, 2.45) is 0 Å². The zero-order valence-corrected chi connectivity index (χ0v) is 7.40. The van der Waals surface area contributed by atoms with Gasteiger partial charge in [0, 0.05) is 16.0 Å². The van der Waals surface area contributed by atoms with E-state index < -0.39 is 8.25 Å². The Labute approximate surface area is 74.7 Å². The molecule has 5 heteroatoms. The summed E-state index contributed by atoms with van der Waals surface area (Å²) in [5.41, 5.74) is 0.634. The maximum absolute atomic E-state index is 10.3. The van der Waals surface area contributed by atoms with Gasteiger partial charge in [0.25, 0.3) is 0 Å². The highest BCUT2D eigenvalue weighted by molar-refractivity contribution is 7.32. The Morgan fingerprint density at radius 2 is 2.23 bits per heavy atom. The molecule has 0 fully saturated rings. The Morgan fingerprint density at radius 3 is 3.00 bits per heavy atom. The zero-order chi connectivity index (χ0) is 9.26. The van der Waals surface area contributed by atoms with Crippen molar-refractivity contribution in [1.82, 2.24) is 0 Å². The lowest BCUT2D eigenvalue weighted by atomic mass is 10.2. The van der Waals surface area contributed by atoms with Crippen LogP contribution in [-0.2, 0) is 4.57 Å². The molecule has 1 aromatic carbocycles. The Hall–Kier alpha value is -1.38. The van der Waals surface area contributed by atoms with Crippen LogP contribution in [0.15, 0.2) is 34.9 Å². The van der Waals surface area contributed by atoms with E-state index in [1.54, 1.807) is 30.5 Å². The molecule has 4 nitrogen and oxygen atoms in total. The molecule has 0 saturated carbocycles. The second-order valence-electron chi connectivity index (χ2n) is 2.45. The molecule has 13 heavy (non-hydrogen) atoms. The standard InChI is InChI=1S/C8H5O4P/c9-13(10)12-7-2-1-6-3-4-11-8(6)5-7/h1-5H/p+1. The molecular weight excluding hydrogens is 191 g/mol. The highest BCUT2D eigenvalue weighted by atomic mass is 31.1. The lowest BCUT2D eigenvalue weighted by Gasteiger charge is -1.90. The Kier molecular flexibility index (Phi) is 2.00. The van der Waals surface area contributed by atoms with Gasteiger partial charge in [0.2, 0.25) is 0 Å². The van der Waals surface area contributed by atoms with E-state index in [1.807, 2.05) is 0 Å². The molecule has 0 spiro atoms. The zero-order valence-electron chi connectivity index (χ0n) is 6.51. The number of hydrogen-bond donors (Lipinski definition) is 1. The van der Waals surface area contributed by atoms with Crippen LogP contribution in [0.4, 0.5) is 0 Å². The molecule has 0 aliphatic rings. The van der Waals surface area contributed by atoms with Crippen molar-refractivity contribution in [3.8, 4) is 5.75 Å². The van der Waals surface area contributed by atoms with E-state index in [4.69, 9.17) is 9.31 Å². The van der Waals surface area contributed by atoms with Gasteiger partial charge in [0.05, 0.1) is 6.26 Å². The Balaban J connectivity index is 2.42. The lowest BCUT2D eigenvalue weighted by Crippen LogP contribution is -1.78. The first-order chi connectivity index (χ1) is 6.25. The predicted molar refractivity (Wildman–Crippen MR) is 46.7 cm³/mol. The fourth-order valence-electron chi connectivity index (χ4n) is 1.08. The third-order valence-corrected chi connectivity index (χ3v) is 1.98. The van der Waals surface area contributed by atoms with Crippen LogP contribution in [0.2, 0.25) is 0 Å². The van der Waals surface area contributed by atoms with Crippen LogP contribution < -0.4 is 4.52 Å². The largest absolute Gasteiger partial charge is 0.747 e. The molecule has 1 aromatic heterocycles. The summed E-state index contributed by atoms with van der Waals surface area (Å²) in [6.45, 7) is 0.